The molecule has 0 bridgehead atoms. The fourth-order valence-corrected chi connectivity index (χ4v) is 8.14. The van der Waals surface area contributed by atoms with Crippen LogP contribution >= 0.6 is 11.8 Å². The van der Waals surface area contributed by atoms with Crippen molar-refractivity contribution in [2.24, 2.45) is 5.92 Å². The average molecular weight is 598 g/mol. The van der Waals surface area contributed by atoms with Crippen LogP contribution in [0.3, 0.4) is 0 Å². The van der Waals surface area contributed by atoms with Crippen molar-refractivity contribution in [1.82, 2.24) is 4.31 Å². The van der Waals surface area contributed by atoms with Crippen molar-refractivity contribution < 1.29 is 27.8 Å². The Kier molecular flexibility index (Phi) is 9.41. The number of rotatable bonds is 9. The molecule has 0 amide bonds. The SMILES string of the molecule is COc1ccc([C@@H]2C[C@@H](SCc3ccc(C(C)(C)C)cc3)[C@H](C(=O)O)CN2S(=O)(=O)c2ccc(C)cc2)cc1OC. The second kappa shape index (κ2) is 12.5. The van der Waals surface area contributed by atoms with Gasteiger partial charge in [-0.2, -0.15) is 16.1 Å². The van der Waals surface area contributed by atoms with Crippen molar-refractivity contribution in [3.8, 4) is 11.5 Å². The largest absolute Gasteiger partial charge is 0.493 e. The summed E-state index contributed by atoms with van der Waals surface area (Å²) < 4.78 is 40.3. The van der Waals surface area contributed by atoms with E-state index in [1.54, 1.807) is 55.3 Å². The van der Waals surface area contributed by atoms with Crippen molar-refractivity contribution in [1.29, 1.82) is 0 Å². The first-order valence-electron chi connectivity index (χ1n) is 13.6. The average Bonchev–Trinajstić information content (AvgIpc) is 2.95. The highest BCUT2D eigenvalue weighted by Gasteiger charge is 2.45. The number of hydrogen-bond acceptors (Lipinski definition) is 6. The molecule has 0 aromatic heterocycles. The van der Waals surface area contributed by atoms with E-state index in [4.69, 9.17) is 9.47 Å². The topological polar surface area (TPSA) is 93.1 Å². The Morgan fingerprint density at radius 3 is 2.17 bits per heavy atom. The van der Waals surface area contributed by atoms with E-state index in [1.807, 2.05) is 13.0 Å². The van der Waals surface area contributed by atoms with Gasteiger partial charge in [0.1, 0.15) is 0 Å². The summed E-state index contributed by atoms with van der Waals surface area (Å²) in [7, 11) is -0.917. The normalized spacial score (nSPS) is 20.0. The molecule has 0 aliphatic carbocycles. The number of sulfonamides is 1. The standard InChI is InChI=1S/C32H39NO6S2/c1-21-7-14-25(15-8-21)41(36,37)33-19-26(31(34)35)30(40-20-22-9-12-24(13-10-22)32(2,3)4)18-27(33)23-11-16-28(38-5)29(17-23)39-6/h7-17,26-27,30H,18-20H2,1-6H3,(H,34,35)/t26-,27+,30-/m1/s1. The number of carboxylic acids is 1. The summed E-state index contributed by atoms with van der Waals surface area (Å²) in [5.41, 5.74) is 4.04. The molecule has 0 spiro atoms. The Morgan fingerprint density at radius 2 is 1.61 bits per heavy atom. The van der Waals surface area contributed by atoms with E-state index in [9.17, 15) is 18.3 Å². The summed E-state index contributed by atoms with van der Waals surface area (Å²) in [6.07, 6.45) is 0.336. The van der Waals surface area contributed by atoms with E-state index >= 15 is 0 Å². The van der Waals surface area contributed by atoms with Gasteiger partial charge in [-0.3, -0.25) is 4.79 Å². The number of carbonyl (C=O) groups is 1. The van der Waals surface area contributed by atoms with Gasteiger partial charge in [0.05, 0.1) is 31.1 Å². The summed E-state index contributed by atoms with van der Waals surface area (Å²) >= 11 is 1.57. The molecule has 41 heavy (non-hydrogen) atoms. The number of aliphatic carboxylic acids is 1. The fraction of sp³-hybridized carbons (Fsp3) is 0.406. The van der Waals surface area contributed by atoms with E-state index in [0.717, 1.165) is 16.7 Å². The van der Waals surface area contributed by atoms with Gasteiger partial charge in [0.25, 0.3) is 0 Å². The van der Waals surface area contributed by atoms with E-state index < -0.39 is 28.0 Å². The van der Waals surface area contributed by atoms with Crippen LogP contribution in [0.15, 0.2) is 71.6 Å². The van der Waals surface area contributed by atoms with Crippen molar-refractivity contribution in [3.05, 3.63) is 89.0 Å². The van der Waals surface area contributed by atoms with Crippen LogP contribution in [0.1, 0.15) is 55.5 Å². The molecule has 1 saturated heterocycles. The molecular weight excluding hydrogens is 558 g/mol. The smallest absolute Gasteiger partial charge is 0.308 e. The second-order valence-corrected chi connectivity index (χ2v) is 14.6. The number of piperidine rings is 1. The Balaban J connectivity index is 1.70. The second-order valence-electron chi connectivity index (χ2n) is 11.5. The minimum atomic E-state index is -4.00. The third-order valence-electron chi connectivity index (χ3n) is 7.65. The first kappa shape index (κ1) is 30.9. The lowest BCUT2D eigenvalue weighted by Crippen LogP contribution is -2.49. The number of hydrogen-bond donors (Lipinski definition) is 1. The Hall–Kier alpha value is -3.01. The maximum absolute atomic E-state index is 14.0. The van der Waals surface area contributed by atoms with Crippen molar-refractivity contribution >= 4 is 27.8 Å². The van der Waals surface area contributed by atoms with Crippen LogP contribution < -0.4 is 9.47 Å². The molecule has 1 fully saturated rings. The third kappa shape index (κ3) is 6.90. The van der Waals surface area contributed by atoms with Crippen LogP contribution in [0.4, 0.5) is 0 Å². The molecule has 0 saturated carbocycles. The zero-order valence-corrected chi connectivity index (χ0v) is 26.1. The molecule has 9 heteroatoms. The van der Waals surface area contributed by atoms with Crippen LogP contribution in [0.5, 0.6) is 11.5 Å². The van der Waals surface area contributed by atoms with Gasteiger partial charge in [0.2, 0.25) is 10.0 Å². The summed E-state index contributed by atoms with van der Waals surface area (Å²) in [4.78, 5) is 12.7. The quantitative estimate of drug-likeness (QED) is 0.303. The molecule has 1 aliphatic heterocycles. The van der Waals surface area contributed by atoms with Gasteiger partial charge in [0, 0.05) is 17.5 Å². The molecule has 7 nitrogen and oxygen atoms in total. The lowest BCUT2D eigenvalue weighted by Gasteiger charge is -2.42. The molecule has 3 aromatic rings. The number of aryl methyl sites for hydroxylation is 1. The first-order valence-corrected chi connectivity index (χ1v) is 16.1. The van der Waals surface area contributed by atoms with Gasteiger partial charge in [-0.25, -0.2) is 8.42 Å². The van der Waals surface area contributed by atoms with E-state index in [1.165, 1.54) is 17.0 Å². The van der Waals surface area contributed by atoms with E-state index in [0.29, 0.717) is 23.7 Å². The maximum Gasteiger partial charge on any atom is 0.308 e. The van der Waals surface area contributed by atoms with Crippen LogP contribution in [0.25, 0.3) is 0 Å². The van der Waals surface area contributed by atoms with Crippen molar-refractivity contribution in [2.75, 3.05) is 20.8 Å². The van der Waals surface area contributed by atoms with Crippen LogP contribution in [-0.2, 0) is 26.0 Å². The minimum absolute atomic E-state index is 0.0441. The van der Waals surface area contributed by atoms with Gasteiger partial charge in [0.15, 0.2) is 11.5 Å². The highest BCUT2D eigenvalue weighted by molar-refractivity contribution is 7.99. The van der Waals surface area contributed by atoms with Crippen LogP contribution in [0.2, 0.25) is 0 Å². The van der Waals surface area contributed by atoms with Crippen LogP contribution in [-0.4, -0.2) is 49.8 Å². The lowest BCUT2D eigenvalue weighted by molar-refractivity contribution is -0.143. The predicted octanol–water partition coefficient (Wildman–Crippen LogP) is 6.45. The van der Waals surface area contributed by atoms with Crippen molar-refractivity contribution in [3.63, 3.8) is 0 Å². The highest BCUT2D eigenvalue weighted by Crippen LogP contribution is 2.44. The summed E-state index contributed by atoms with van der Waals surface area (Å²) in [6, 6.07) is 19.9. The molecule has 1 heterocycles. The van der Waals surface area contributed by atoms with Gasteiger partial charge in [-0.15, -0.1) is 0 Å². The molecule has 1 aliphatic rings. The fourth-order valence-electron chi connectivity index (χ4n) is 5.14. The zero-order chi connectivity index (χ0) is 29.9. The molecule has 3 atom stereocenters. The van der Waals surface area contributed by atoms with Gasteiger partial charge < -0.3 is 14.6 Å². The zero-order valence-electron chi connectivity index (χ0n) is 24.5. The number of ether oxygens (including phenoxy) is 2. The number of nitrogens with zero attached hydrogens (tertiary/aromatic N) is 1. The van der Waals surface area contributed by atoms with Gasteiger partial charge >= 0.3 is 5.97 Å². The monoisotopic (exact) mass is 597 g/mol. The minimum Gasteiger partial charge on any atom is -0.493 e. The molecule has 4 rings (SSSR count). The Bertz CT molecular complexity index is 1460. The number of carboxylic acid groups (broad SMARTS) is 1. The maximum atomic E-state index is 14.0. The summed E-state index contributed by atoms with van der Waals surface area (Å²) in [5.74, 6) is -0.220. The molecule has 1 N–H and O–H groups in total. The summed E-state index contributed by atoms with van der Waals surface area (Å²) in [5, 5.41) is 9.95. The summed E-state index contributed by atoms with van der Waals surface area (Å²) in [6.45, 7) is 8.26. The number of thioether (sulfide) groups is 1. The van der Waals surface area contributed by atoms with E-state index in [-0.39, 0.29) is 22.1 Å². The lowest BCUT2D eigenvalue weighted by atomic mass is 9.87. The number of methoxy groups -OCH3 is 2. The molecule has 220 valence electrons. The molecule has 0 unspecified atom stereocenters. The van der Waals surface area contributed by atoms with Crippen LogP contribution in [0, 0.1) is 12.8 Å². The van der Waals surface area contributed by atoms with E-state index in [2.05, 4.69) is 45.0 Å². The predicted molar refractivity (Wildman–Crippen MR) is 163 cm³/mol. The first-order chi connectivity index (χ1) is 19.3. The highest BCUT2D eigenvalue weighted by atomic mass is 32.2. The van der Waals surface area contributed by atoms with Gasteiger partial charge in [-0.1, -0.05) is 68.8 Å². The third-order valence-corrected chi connectivity index (χ3v) is 11.0. The molecular formula is C32H39NO6S2. The Morgan fingerprint density at radius 1 is 0.976 bits per heavy atom. The Labute approximate surface area is 247 Å². The molecule has 0 radical (unpaired) electrons. The van der Waals surface area contributed by atoms with Gasteiger partial charge in [-0.05, 0) is 59.7 Å². The number of benzene rings is 3. The molecule has 3 aromatic carbocycles. The van der Waals surface area contributed by atoms with Crippen molar-refractivity contribution in [2.45, 2.75) is 61.5 Å².